The topological polar surface area (TPSA) is 79.6 Å². The summed E-state index contributed by atoms with van der Waals surface area (Å²) in [4.78, 5) is 14.7. The summed E-state index contributed by atoms with van der Waals surface area (Å²) in [5, 5.41) is 6.38. The maximum Gasteiger partial charge on any atom is 0.253 e. The molecule has 0 spiro atoms. The summed E-state index contributed by atoms with van der Waals surface area (Å²) in [5.74, 6) is -0.0383. The summed E-state index contributed by atoms with van der Waals surface area (Å²) in [6.45, 7) is 5.29. The van der Waals surface area contributed by atoms with Gasteiger partial charge >= 0.3 is 0 Å². The molecule has 3 rings (SSSR count). The maximum absolute atomic E-state index is 12.3. The standard InChI is InChI=1S/C16H24N4O2/c17-12-1-4-15(14(11-12)16(21)19-13-2-3-13)18-5-6-20-7-9-22-10-8-20/h1,4,11,13,18H,2-3,5-10,17H2,(H,19,21). The number of carbonyl (C=O) groups is 1. The fraction of sp³-hybridized carbons (Fsp3) is 0.562. The number of nitrogen functional groups attached to an aromatic ring is 1. The average molecular weight is 304 g/mol. The Hall–Kier alpha value is -1.79. The second-order valence-corrected chi connectivity index (χ2v) is 5.93. The van der Waals surface area contributed by atoms with Crippen LogP contribution in [0.3, 0.4) is 0 Å². The van der Waals surface area contributed by atoms with Crippen molar-refractivity contribution in [3.8, 4) is 0 Å². The van der Waals surface area contributed by atoms with Gasteiger partial charge in [0, 0.05) is 43.6 Å². The first-order valence-corrected chi connectivity index (χ1v) is 7.97. The van der Waals surface area contributed by atoms with Crippen molar-refractivity contribution in [2.45, 2.75) is 18.9 Å². The van der Waals surface area contributed by atoms with E-state index in [1.54, 1.807) is 6.07 Å². The number of rotatable bonds is 6. The fourth-order valence-electron chi connectivity index (χ4n) is 2.57. The van der Waals surface area contributed by atoms with Crippen LogP contribution in [-0.2, 0) is 4.74 Å². The third kappa shape index (κ3) is 4.11. The molecule has 1 saturated heterocycles. The van der Waals surface area contributed by atoms with Gasteiger partial charge in [-0.15, -0.1) is 0 Å². The molecule has 4 N–H and O–H groups in total. The highest BCUT2D eigenvalue weighted by Gasteiger charge is 2.25. The molecule has 0 unspecified atom stereocenters. The highest BCUT2D eigenvalue weighted by atomic mass is 16.5. The van der Waals surface area contributed by atoms with Crippen molar-refractivity contribution >= 4 is 17.3 Å². The SMILES string of the molecule is Nc1ccc(NCCN2CCOCC2)c(C(=O)NC2CC2)c1. The molecule has 1 aliphatic heterocycles. The molecular weight excluding hydrogens is 280 g/mol. The van der Waals surface area contributed by atoms with Crippen LogP contribution in [0.15, 0.2) is 18.2 Å². The van der Waals surface area contributed by atoms with Crippen LogP contribution in [0.2, 0.25) is 0 Å². The second kappa shape index (κ2) is 6.98. The first-order chi connectivity index (χ1) is 10.7. The number of nitrogens with one attached hydrogen (secondary N) is 2. The van der Waals surface area contributed by atoms with Gasteiger partial charge in [-0.2, -0.15) is 0 Å². The Morgan fingerprint density at radius 1 is 1.32 bits per heavy atom. The molecule has 6 nitrogen and oxygen atoms in total. The van der Waals surface area contributed by atoms with Gasteiger partial charge in [0.15, 0.2) is 0 Å². The van der Waals surface area contributed by atoms with E-state index in [0.717, 1.165) is 57.9 Å². The van der Waals surface area contributed by atoms with E-state index < -0.39 is 0 Å². The minimum atomic E-state index is -0.0383. The largest absolute Gasteiger partial charge is 0.399 e. The van der Waals surface area contributed by atoms with Crippen LogP contribution in [-0.4, -0.2) is 56.2 Å². The van der Waals surface area contributed by atoms with Crippen LogP contribution in [0.4, 0.5) is 11.4 Å². The van der Waals surface area contributed by atoms with Crippen LogP contribution in [0, 0.1) is 0 Å². The van der Waals surface area contributed by atoms with E-state index >= 15 is 0 Å². The number of nitrogens with two attached hydrogens (primary N) is 1. The smallest absolute Gasteiger partial charge is 0.253 e. The van der Waals surface area contributed by atoms with Gasteiger partial charge in [0.05, 0.1) is 18.8 Å². The molecule has 2 aliphatic rings. The van der Waals surface area contributed by atoms with Crippen molar-refractivity contribution < 1.29 is 9.53 Å². The highest BCUT2D eigenvalue weighted by molar-refractivity contribution is 6.00. The number of carbonyl (C=O) groups excluding carboxylic acids is 1. The minimum absolute atomic E-state index is 0.0383. The number of morpholine rings is 1. The molecule has 6 heteroatoms. The quantitative estimate of drug-likeness (QED) is 0.681. The zero-order chi connectivity index (χ0) is 15.4. The number of amides is 1. The molecule has 1 saturated carbocycles. The van der Waals surface area contributed by atoms with Gasteiger partial charge in [-0.05, 0) is 31.0 Å². The molecule has 1 aliphatic carbocycles. The Labute approximate surface area is 131 Å². The zero-order valence-electron chi connectivity index (χ0n) is 12.8. The lowest BCUT2D eigenvalue weighted by Crippen LogP contribution is -2.39. The van der Waals surface area contributed by atoms with Crippen LogP contribution >= 0.6 is 0 Å². The van der Waals surface area contributed by atoms with E-state index in [1.165, 1.54) is 0 Å². The number of nitrogens with zero attached hydrogens (tertiary/aromatic N) is 1. The first-order valence-electron chi connectivity index (χ1n) is 7.97. The van der Waals surface area contributed by atoms with Crippen molar-refractivity contribution in [2.24, 2.45) is 0 Å². The van der Waals surface area contributed by atoms with Gasteiger partial charge in [-0.25, -0.2) is 0 Å². The summed E-state index contributed by atoms with van der Waals surface area (Å²) in [6, 6.07) is 5.80. The van der Waals surface area contributed by atoms with E-state index in [0.29, 0.717) is 17.3 Å². The van der Waals surface area contributed by atoms with Crippen LogP contribution in [0.25, 0.3) is 0 Å². The van der Waals surface area contributed by atoms with Crippen molar-refractivity contribution in [1.29, 1.82) is 0 Å². The Morgan fingerprint density at radius 2 is 2.09 bits per heavy atom. The summed E-state index contributed by atoms with van der Waals surface area (Å²) < 4.78 is 5.34. The molecule has 1 amide bonds. The Bertz CT molecular complexity index is 525. The van der Waals surface area contributed by atoms with Gasteiger partial charge in [0.1, 0.15) is 0 Å². The third-order valence-corrected chi connectivity index (χ3v) is 4.05. The molecule has 1 aromatic carbocycles. The Kier molecular flexibility index (Phi) is 4.80. The van der Waals surface area contributed by atoms with Gasteiger partial charge in [0.25, 0.3) is 5.91 Å². The minimum Gasteiger partial charge on any atom is -0.399 e. The van der Waals surface area contributed by atoms with E-state index in [-0.39, 0.29) is 5.91 Å². The normalized spacial score (nSPS) is 18.9. The average Bonchev–Trinajstić information content (AvgIpc) is 3.33. The number of hydrogen-bond acceptors (Lipinski definition) is 5. The zero-order valence-corrected chi connectivity index (χ0v) is 12.8. The van der Waals surface area contributed by atoms with Gasteiger partial charge < -0.3 is 21.1 Å². The summed E-state index contributed by atoms with van der Waals surface area (Å²) in [6.07, 6.45) is 2.15. The van der Waals surface area contributed by atoms with Crippen molar-refractivity contribution in [3.63, 3.8) is 0 Å². The lowest BCUT2D eigenvalue weighted by Gasteiger charge is -2.26. The van der Waals surface area contributed by atoms with E-state index in [9.17, 15) is 4.79 Å². The summed E-state index contributed by atoms with van der Waals surface area (Å²) >= 11 is 0. The molecule has 0 atom stereocenters. The molecule has 120 valence electrons. The maximum atomic E-state index is 12.3. The molecule has 0 bridgehead atoms. The number of anilines is 2. The molecular formula is C16H24N4O2. The molecule has 2 fully saturated rings. The van der Waals surface area contributed by atoms with Crippen LogP contribution in [0.1, 0.15) is 23.2 Å². The molecule has 0 radical (unpaired) electrons. The summed E-state index contributed by atoms with van der Waals surface area (Å²) in [5.41, 5.74) is 7.92. The number of benzene rings is 1. The lowest BCUT2D eigenvalue weighted by molar-refractivity contribution is 0.0398. The predicted octanol–water partition coefficient (Wildman–Crippen LogP) is 0.905. The third-order valence-electron chi connectivity index (χ3n) is 4.05. The molecule has 0 aromatic heterocycles. The number of hydrogen-bond donors (Lipinski definition) is 3. The predicted molar refractivity (Wildman–Crippen MR) is 87.1 cm³/mol. The molecule has 22 heavy (non-hydrogen) atoms. The second-order valence-electron chi connectivity index (χ2n) is 5.93. The summed E-state index contributed by atoms with van der Waals surface area (Å²) in [7, 11) is 0. The van der Waals surface area contributed by atoms with Crippen molar-refractivity contribution in [1.82, 2.24) is 10.2 Å². The molecule has 1 heterocycles. The first kappa shape index (κ1) is 15.1. The fourth-order valence-corrected chi connectivity index (χ4v) is 2.57. The van der Waals surface area contributed by atoms with Crippen molar-refractivity contribution in [2.75, 3.05) is 50.4 Å². The van der Waals surface area contributed by atoms with E-state index in [1.807, 2.05) is 12.1 Å². The van der Waals surface area contributed by atoms with Crippen LogP contribution < -0.4 is 16.4 Å². The molecule has 1 aromatic rings. The highest BCUT2D eigenvalue weighted by Crippen LogP contribution is 2.23. The van der Waals surface area contributed by atoms with E-state index in [4.69, 9.17) is 10.5 Å². The van der Waals surface area contributed by atoms with E-state index in [2.05, 4.69) is 15.5 Å². The van der Waals surface area contributed by atoms with Crippen molar-refractivity contribution in [3.05, 3.63) is 23.8 Å². The Morgan fingerprint density at radius 3 is 2.82 bits per heavy atom. The lowest BCUT2D eigenvalue weighted by atomic mass is 10.1. The monoisotopic (exact) mass is 304 g/mol. The van der Waals surface area contributed by atoms with Gasteiger partial charge in [-0.3, -0.25) is 9.69 Å². The van der Waals surface area contributed by atoms with Gasteiger partial charge in [-0.1, -0.05) is 0 Å². The Balaban J connectivity index is 1.57. The van der Waals surface area contributed by atoms with Gasteiger partial charge in [0.2, 0.25) is 0 Å². The number of ether oxygens (including phenoxy) is 1. The van der Waals surface area contributed by atoms with Crippen LogP contribution in [0.5, 0.6) is 0 Å².